The molecule has 0 atom stereocenters. The smallest absolute Gasteiger partial charge is 0.262 e. The van der Waals surface area contributed by atoms with Crippen LogP contribution in [0.5, 0.6) is 11.5 Å². The van der Waals surface area contributed by atoms with Gasteiger partial charge in [-0.1, -0.05) is 13.0 Å². The van der Waals surface area contributed by atoms with Crippen molar-refractivity contribution in [1.82, 2.24) is 9.80 Å². The molecule has 4 rings (SSSR count). The van der Waals surface area contributed by atoms with Crippen molar-refractivity contribution in [3.05, 3.63) is 47.5 Å². The van der Waals surface area contributed by atoms with E-state index < -0.39 is 10.0 Å². The molecule has 2 aliphatic rings. The van der Waals surface area contributed by atoms with E-state index in [9.17, 15) is 13.2 Å². The number of rotatable bonds is 5. The molecule has 8 nitrogen and oxygen atoms in total. The molecule has 0 aliphatic carbocycles. The molecule has 2 aliphatic heterocycles. The van der Waals surface area contributed by atoms with Gasteiger partial charge in [-0.25, -0.2) is 8.42 Å². The molecule has 9 heteroatoms. The van der Waals surface area contributed by atoms with Crippen molar-refractivity contribution >= 4 is 21.6 Å². The van der Waals surface area contributed by atoms with Gasteiger partial charge in [0.05, 0.1) is 10.6 Å². The monoisotopic (exact) mass is 445 g/mol. The minimum Gasteiger partial charge on any atom is -0.454 e. The molecule has 1 fully saturated rings. The Morgan fingerprint density at radius 2 is 1.84 bits per heavy atom. The third kappa shape index (κ3) is 4.62. The number of hydrogen-bond donors (Lipinski definition) is 1. The number of anilines is 1. The molecule has 166 valence electrons. The Morgan fingerprint density at radius 1 is 1.03 bits per heavy atom. The molecule has 2 aromatic carbocycles. The summed E-state index contributed by atoms with van der Waals surface area (Å²) in [6.45, 7) is 8.15. The maximum Gasteiger partial charge on any atom is 0.262 e. The standard InChI is InChI=1S/C22H27N3O5S/c1-3-24-9-4-10-25(12-11-24)22(26)17-6-5-16(2)19(13-17)23-31(27,28)18-7-8-20-21(14-18)30-15-29-20/h5-8,13-14,23H,3-4,9-12,15H2,1-2H3. The molecular weight excluding hydrogens is 418 g/mol. The van der Waals surface area contributed by atoms with E-state index in [1.54, 1.807) is 31.2 Å². The lowest BCUT2D eigenvalue weighted by molar-refractivity contribution is 0.0761. The van der Waals surface area contributed by atoms with Gasteiger partial charge in [-0.05, 0) is 56.3 Å². The van der Waals surface area contributed by atoms with E-state index in [1.165, 1.54) is 12.1 Å². The van der Waals surface area contributed by atoms with Crippen molar-refractivity contribution in [2.24, 2.45) is 0 Å². The number of carbonyl (C=O) groups excluding carboxylic acids is 1. The molecule has 1 saturated heterocycles. The first-order chi connectivity index (χ1) is 14.9. The van der Waals surface area contributed by atoms with Crippen LogP contribution in [0, 0.1) is 6.92 Å². The average Bonchev–Trinajstić information content (AvgIpc) is 3.10. The second-order valence-corrected chi connectivity index (χ2v) is 9.41. The van der Waals surface area contributed by atoms with Gasteiger partial charge in [-0.2, -0.15) is 0 Å². The second-order valence-electron chi connectivity index (χ2n) is 7.73. The molecule has 0 radical (unpaired) electrons. The van der Waals surface area contributed by atoms with Crippen LogP contribution in [0.1, 0.15) is 29.3 Å². The second kappa shape index (κ2) is 8.76. The number of hydrogen-bond acceptors (Lipinski definition) is 6. The summed E-state index contributed by atoms with van der Waals surface area (Å²) >= 11 is 0. The Labute approximate surface area is 182 Å². The van der Waals surface area contributed by atoms with Crippen molar-refractivity contribution in [2.75, 3.05) is 44.2 Å². The van der Waals surface area contributed by atoms with Gasteiger partial charge in [0.25, 0.3) is 15.9 Å². The highest BCUT2D eigenvalue weighted by Crippen LogP contribution is 2.34. The van der Waals surface area contributed by atoms with E-state index in [4.69, 9.17) is 9.47 Å². The number of aryl methyl sites for hydroxylation is 1. The first kappa shape index (κ1) is 21.5. The number of likely N-dealkylation sites (N-methyl/N-ethyl adjacent to an activating group) is 1. The van der Waals surface area contributed by atoms with Crippen molar-refractivity contribution in [1.29, 1.82) is 0 Å². The lowest BCUT2D eigenvalue weighted by Gasteiger charge is -2.22. The van der Waals surface area contributed by atoms with Gasteiger partial charge in [0.2, 0.25) is 6.79 Å². The molecule has 1 N–H and O–H groups in total. The van der Waals surface area contributed by atoms with E-state index in [2.05, 4.69) is 16.5 Å². The van der Waals surface area contributed by atoms with Crippen LogP contribution in [-0.2, 0) is 10.0 Å². The minimum atomic E-state index is -3.86. The molecular formula is C22H27N3O5S. The highest BCUT2D eigenvalue weighted by atomic mass is 32.2. The summed E-state index contributed by atoms with van der Waals surface area (Å²) in [6.07, 6.45) is 0.926. The largest absolute Gasteiger partial charge is 0.454 e. The third-order valence-electron chi connectivity index (χ3n) is 5.71. The zero-order valence-corrected chi connectivity index (χ0v) is 18.6. The predicted molar refractivity (Wildman–Crippen MR) is 117 cm³/mol. The highest BCUT2D eigenvalue weighted by Gasteiger charge is 2.23. The number of nitrogens with zero attached hydrogens (tertiary/aromatic N) is 2. The number of carbonyl (C=O) groups is 1. The van der Waals surface area contributed by atoms with Crippen LogP contribution in [-0.4, -0.2) is 63.6 Å². The number of nitrogens with one attached hydrogen (secondary N) is 1. The van der Waals surface area contributed by atoms with Gasteiger partial charge < -0.3 is 19.3 Å². The molecule has 1 amide bonds. The lowest BCUT2D eigenvalue weighted by Crippen LogP contribution is -2.35. The first-order valence-electron chi connectivity index (χ1n) is 10.4. The van der Waals surface area contributed by atoms with Crippen LogP contribution in [0.4, 0.5) is 5.69 Å². The van der Waals surface area contributed by atoms with E-state index in [0.717, 1.165) is 31.6 Å². The van der Waals surface area contributed by atoms with Gasteiger partial charge in [-0.3, -0.25) is 9.52 Å². The fourth-order valence-corrected chi connectivity index (χ4v) is 4.92. The number of ether oxygens (including phenoxy) is 2. The van der Waals surface area contributed by atoms with E-state index in [0.29, 0.717) is 35.8 Å². The van der Waals surface area contributed by atoms with E-state index >= 15 is 0 Å². The number of benzene rings is 2. The highest BCUT2D eigenvalue weighted by molar-refractivity contribution is 7.92. The first-order valence-corrected chi connectivity index (χ1v) is 11.9. The zero-order chi connectivity index (χ0) is 22.0. The fraction of sp³-hybridized carbons (Fsp3) is 0.409. The lowest BCUT2D eigenvalue weighted by atomic mass is 10.1. The van der Waals surface area contributed by atoms with Crippen molar-refractivity contribution in [3.8, 4) is 11.5 Å². The molecule has 31 heavy (non-hydrogen) atoms. The topological polar surface area (TPSA) is 88.2 Å². The summed E-state index contributed by atoms with van der Waals surface area (Å²) in [7, 11) is -3.86. The Balaban J connectivity index is 1.54. The van der Waals surface area contributed by atoms with Gasteiger partial charge in [0.15, 0.2) is 11.5 Å². The quantitative estimate of drug-likeness (QED) is 0.761. The van der Waals surface area contributed by atoms with Crippen LogP contribution < -0.4 is 14.2 Å². The van der Waals surface area contributed by atoms with Crippen molar-refractivity contribution in [3.63, 3.8) is 0 Å². The van der Waals surface area contributed by atoms with Gasteiger partial charge in [0.1, 0.15) is 0 Å². The number of amides is 1. The number of sulfonamides is 1. The fourth-order valence-electron chi connectivity index (χ4n) is 3.79. The van der Waals surface area contributed by atoms with Crippen LogP contribution in [0.15, 0.2) is 41.3 Å². The maximum absolute atomic E-state index is 13.1. The molecule has 0 unspecified atom stereocenters. The number of fused-ring (bicyclic) bond motifs is 1. The Hall–Kier alpha value is -2.78. The molecule has 0 spiro atoms. The predicted octanol–water partition coefficient (Wildman–Crippen LogP) is 2.69. The van der Waals surface area contributed by atoms with Crippen LogP contribution in [0.2, 0.25) is 0 Å². The minimum absolute atomic E-state index is 0.0695. The summed E-state index contributed by atoms with van der Waals surface area (Å²) in [4.78, 5) is 17.3. The third-order valence-corrected chi connectivity index (χ3v) is 7.07. The normalized spacial score (nSPS) is 16.8. The van der Waals surface area contributed by atoms with Crippen LogP contribution >= 0.6 is 0 Å². The molecule has 2 heterocycles. The van der Waals surface area contributed by atoms with E-state index in [1.807, 2.05) is 4.90 Å². The maximum atomic E-state index is 13.1. The zero-order valence-electron chi connectivity index (χ0n) is 17.8. The summed E-state index contributed by atoms with van der Waals surface area (Å²) < 4.78 is 39.0. The van der Waals surface area contributed by atoms with Crippen molar-refractivity contribution in [2.45, 2.75) is 25.2 Å². The van der Waals surface area contributed by atoms with Crippen LogP contribution in [0.25, 0.3) is 0 Å². The summed E-state index contributed by atoms with van der Waals surface area (Å²) in [5, 5.41) is 0. The van der Waals surface area contributed by atoms with Crippen LogP contribution in [0.3, 0.4) is 0 Å². The molecule has 0 saturated carbocycles. The molecule has 0 aromatic heterocycles. The Kier molecular flexibility index (Phi) is 6.06. The summed E-state index contributed by atoms with van der Waals surface area (Å²) in [5.41, 5.74) is 1.58. The van der Waals surface area contributed by atoms with Gasteiger partial charge in [-0.15, -0.1) is 0 Å². The Bertz CT molecular complexity index is 1090. The summed E-state index contributed by atoms with van der Waals surface area (Å²) in [5.74, 6) is 0.828. The van der Waals surface area contributed by atoms with Gasteiger partial charge in [0, 0.05) is 31.3 Å². The molecule has 0 bridgehead atoms. The van der Waals surface area contributed by atoms with Crippen molar-refractivity contribution < 1.29 is 22.7 Å². The summed E-state index contributed by atoms with van der Waals surface area (Å²) in [6, 6.07) is 9.61. The SMILES string of the molecule is CCN1CCCN(C(=O)c2ccc(C)c(NS(=O)(=O)c3ccc4c(c3)OCO4)c2)CC1. The molecule has 2 aromatic rings. The average molecular weight is 446 g/mol. The van der Waals surface area contributed by atoms with Gasteiger partial charge >= 0.3 is 0 Å². The Morgan fingerprint density at radius 3 is 2.65 bits per heavy atom. The van der Waals surface area contributed by atoms with E-state index in [-0.39, 0.29) is 17.6 Å².